The molecule has 0 saturated heterocycles. The summed E-state index contributed by atoms with van der Waals surface area (Å²) in [5.74, 6) is 3.49. The SMILES string of the molecule is CC1CCC(C(C)C)C(NC2CCCCC2C(C)(C)C)C1. The summed E-state index contributed by atoms with van der Waals surface area (Å²) >= 11 is 0. The Hall–Kier alpha value is -0.0400. The first kappa shape index (κ1) is 17.3. The molecule has 0 aromatic rings. The van der Waals surface area contributed by atoms with Crippen molar-refractivity contribution in [2.45, 2.75) is 98.6 Å². The average molecular weight is 294 g/mol. The van der Waals surface area contributed by atoms with Crippen molar-refractivity contribution in [1.29, 1.82) is 0 Å². The third kappa shape index (κ3) is 4.47. The van der Waals surface area contributed by atoms with Crippen molar-refractivity contribution in [1.82, 2.24) is 5.32 Å². The molecule has 2 fully saturated rings. The molecule has 5 unspecified atom stereocenters. The minimum Gasteiger partial charge on any atom is -0.311 e. The van der Waals surface area contributed by atoms with Crippen molar-refractivity contribution in [3.63, 3.8) is 0 Å². The molecule has 0 radical (unpaired) electrons. The van der Waals surface area contributed by atoms with Crippen LogP contribution >= 0.6 is 0 Å². The van der Waals surface area contributed by atoms with E-state index in [1.54, 1.807) is 0 Å². The molecule has 0 heterocycles. The van der Waals surface area contributed by atoms with Gasteiger partial charge in [0.1, 0.15) is 0 Å². The molecule has 2 saturated carbocycles. The van der Waals surface area contributed by atoms with Crippen LogP contribution in [0.25, 0.3) is 0 Å². The monoisotopic (exact) mass is 293 g/mol. The first-order valence-electron chi connectivity index (χ1n) is 9.55. The molecule has 2 aliphatic rings. The molecule has 2 rings (SSSR count). The fourth-order valence-electron chi connectivity index (χ4n) is 5.04. The van der Waals surface area contributed by atoms with Crippen LogP contribution < -0.4 is 5.32 Å². The van der Waals surface area contributed by atoms with E-state index in [1.807, 2.05) is 0 Å². The van der Waals surface area contributed by atoms with Gasteiger partial charge in [-0.25, -0.2) is 0 Å². The van der Waals surface area contributed by atoms with E-state index in [0.29, 0.717) is 5.41 Å². The smallest absolute Gasteiger partial charge is 0.0103 e. The van der Waals surface area contributed by atoms with Gasteiger partial charge in [-0.2, -0.15) is 0 Å². The molecule has 0 aromatic heterocycles. The van der Waals surface area contributed by atoms with Crippen molar-refractivity contribution >= 4 is 0 Å². The second-order valence-corrected chi connectivity index (χ2v) is 9.46. The quantitative estimate of drug-likeness (QED) is 0.710. The van der Waals surface area contributed by atoms with Crippen molar-refractivity contribution in [3.8, 4) is 0 Å². The lowest BCUT2D eigenvalue weighted by molar-refractivity contribution is 0.0886. The van der Waals surface area contributed by atoms with E-state index >= 15 is 0 Å². The zero-order chi connectivity index (χ0) is 15.6. The van der Waals surface area contributed by atoms with Gasteiger partial charge in [-0.05, 0) is 54.8 Å². The second-order valence-electron chi connectivity index (χ2n) is 9.46. The first-order valence-corrected chi connectivity index (χ1v) is 9.55. The summed E-state index contributed by atoms with van der Waals surface area (Å²) in [5.41, 5.74) is 0.450. The highest BCUT2D eigenvalue weighted by molar-refractivity contribution is 4.93. The van der Waals surface area contributed by atoms with E-state index in [9.17, 15) is 0 Å². The lowest BCUT2D eigenvalue weighted by Gasteiger charge is -2.46. The van der Waals surface area contributed by atoms with Gasteiger partial charge in [-0.1, -0.05) is 60.8 Å². The zero-order valence-electron chi connectivity index (χ0n) is 15.4. The maximum absolute atomic E-state index is 4.18. The molecular formula is C20H39N. The third-order valence-electron chi connectivity index (χ3n) is 6.33. The maximum Gasteiger partial charge on any atom is 0.0103 e. The van der Waals surface area contributed by atoms with Crippen LogP contribution in [0, 0.1) is 29.1 Å². The molecular weight excluding hydrogens is 254 g/mol. The Morgan fingerprint density at radius 1 is 0.905 bits per heavy atom. The van der Waals surface area contributed by atoms with Crippen molar-refractivity contribution in [2.75, 3.05) is 0 Å². The zero-order valence-corrected chi connectivity index (χ0v) is 15.4. The summed E-state index contributed by atoms with van der Waals surface area (Å²) < 4.78 is 0. The predicted molar refractivity (Wildman–Crippen MR) is 93.5 cm³/mol. The largest absolute Gasteiger partial charge is 0.311 e. The van der Waals surface area contributed by atoms with Gasteiger partial charge in [0, 0.05) is 12.1 Å². The topological polar surface area (TPSA) is 12.0 Å². The minimum absolute atomic E-state index is 0.450. The molecule has 0 aromatic carbocycles. The molecule has 0 aliphatic heterocycles. The van der Waals surface area contributed by atoms with E-state index in [2.05, 4.69) is 46.9 Å². The molecule has 5 atom stereocenters. The van der Waals surface area contributed by atoms with Gasteiger partial charge in [-0.15, -0.1) is 0 Å². The number of hydrogen-bond donors (Lipinski definition) is 1. The van der Waals surface area contributed by atoms with E-state index in [4.69, 9.17) is 0 Å². The van der Waals surface area contributed by atoms with E-state index < -0.39 is 0 Å². The van der Waals surface area contributed by atoms with Gasteiger partial charge in [-0.3, -0.25) is 0 Å². The minimum atomic E-state index is 0.450. The summed E-state index contributed by atoms with van der Waals surface area (Å²) in [4.78, 5) is 0. The van der Waals surface area contributed by atoms with Gasteiger partial charge < -0.3 is 5.32 Å². The van der Waals surface area contributed by atoms with Gasteiger partial charge in [0.25, 0.3) is 0 Å². The van der Waals surface area contributed by atoms with Crippen LogP contribution in [-0.2, 0) is 0 Å². The summed E-state index contributed by atoms with van der Waals surface area (Å²) in [6.45, 7) is 14.6. The average Bonchev–Trinajstić information content (AvgIpc) is 2.37. The highest BCUT2D eigenvalue weighted by Gasteiger charge is 2.38. The molecule has 0 bridgehead atoms. The number of rotatable bonds is 3. The highest BCUT2D eigenvalue weighted by atomic mass is 15.0. The normalized spacial score (nSPS) is 38.7. The van der Waals surface area contributed by atoms with Crippen LogP contribution in [0.1, 0.15) is 86.5 Å². The van der Waals surface area contributed by atoms with Crippen LogP contribution in [0.2, 0.25) is 0 Å². The van der Waals surface area contributed by atoms with Crippen LogP contribution in [-0.4, -0.2) is 12.1 Å². The second kappa shape index (κ2) is 7.02. The Morgan fingerprint density at radius 3 is 2.19 bits per heavy atom. The number of nitrogens with one attached hydrogen (secondary N) is 1. The molecule has 0 amide bonds. The van der Waals surface area contributed by atoms with E-state index in [-0.39, 0.29) is 0 Å². The summed E-state index contributed by atoms with van der Waals surface area (Å²) in [5, 5.41) is 4.18. The van der Waals surface area contributed by atoms with Crippen LogP contribution in [0.15, 0.2) is 0 Å². The molecule has 1 heteroatoms. The Balaban J connectivity index is 2.05. The Bertz CT molecular complexity index is 314. The summed E-state index contributed by atoms with van der Waals surface area (Å²) in [6.07, 6.45) is 9.97. The van der Waals surface area contributed by atoms with Gasteiger partial charge in [0.15, 0.2) is 0 Å². The highest BCUT2D eigenvalue weighted by Crippen LogP contribution is 2.40. The van der Waals surface area contributed by atoms with E-state index in [0.717, 1.165) is 35.8 Å². The van der Waals surface area contributed by atoms with Crippen LogP contribution in [0.4, 0.5) is 0 Å². The fraction of sp³-hybridized carbons (Fsp3) is 1.00. The van der Waals surface area contributed by atoms with Crippen molar-refractivity contribution < 1.29 is 0 Å². The maximum atomic E-state index is 4.18. The Kier molecular flexibility index (Phi) is 5.79. The molecule has 0 spiro atoms. The molecule has 1 nitrogen and oxygen atoms in total. The van der Waals surface area contributed by atoms with Crippen LogP contribution in [0.3, 0.4) is 0 Å². The Labute approximate surface area is 133 Å². The molecule has 2 aliphatic carbocycles. The standard InChI is InChI=1S/C20H39N/c1-14(2)16-12-11-15(3)13-19(16)21-18-10-8-7-9-17(18)20(4,5)6/h14-19,21H,7-13H2,1-6H3. The van der Waals surface area contributed by atoms with Crippen molar-refractivity contribution in [3.05, 3.63) is 0 Å². The number of hydrogen-bond acceptors (Lipinski definition) is 1. The summed E-state index contributed by atoms with van der Waals surface area (Å²) in [6, 6.07) is 1.52. The Morgan fingerprint density at radius 2 is 1.57 bits per heavy atom. The molecule has 1 N–H and O–H groups in total. The fourth-order valence-corrected chi connectivity index (χ4v) is 5.04. The lowest BCUT2D eigenvalue weighted by Crippen LogP contribution is -2.52. The van der Waals surface area contributed by atoms with E-state index in [1.165, 1.54) is 44.9 Å². The third-order valence-corrected chi connectivity index (χ3v) is 6.33. The predicted octanol–water partition coefficient (Wildman–Crippen LogP) is 5.64. The van der Waals surface area contributed by atoms with Gasteiger partial charge in [0.2, 0.25) is 0 Å². The molecule has 124 valence electrons. The molecule has 21 heavy (non-hydrogen) atoms. The first-order chi connectivity index (χ1) is 9.79. The van der Waals surface area contributed by atoms with Gasteiger partial charge >= 0.3 is 0 Å². The van der Waals surface area contributed by atoms with Crippen molar-refractivity contribution in [2.24, 2.45) is 29.1 Å². The lowest BCUT2D eigenvalue weighted by atomic mass is 9.68. The van der Waals surface area contributed by atoms with Crippen LogP contribution in [0.5, 0.6) is 0 Å². The van der Waals surface area contributed by atoms with Gasteiger partial charge in [0.05, 0.1) is 0 Å². The summed E-state index contributed by atoms with van der Waals surface area (Å²) in [7, 11) is 0.